The third-order valence-corrected chi connectivity index (χ3v) is 10.8. The lowest BCUT2D eigenvalue weighted by atomic mass is 9.78. The number of hydrogen-bond donors (Lipinski definition) is 1. The molecule has 2 unspecified atom stereocenters. The van der Waals surface area contributed by atoms with Crippen molar-refractivity contribution in [3.63, 3.8) is 0 Å². The quantitative estimate of drug-likeness (QED) is 0.439. The summed E-state index contributed by atoms with van der Waals surface area (Å²) >= 11 is 0. The molecule has 4 aliphatic rings. The normalized spacial score (nSPS) is 24.2. The van der Waals surface area contributed by atoms with Crippen LogP contribution in [0.15, 0.2) is 18.2 Å². The number of piperazine rings is 1. The predicted molar refractivity (Wildman–Crippen MR) is 160 cm³/mol. The number of nitrogens with zero attached hydrogens (tertiary/aromatic N) is 4. The lowest BCUT2D eigenvalue weighted by molar-refractivity contribution is -0.136. The van der Waals surface area contributed by atoms with Crippen molar-refractivity contribution in [2.24, 2.45) is 11.8 Å². The summed E-state index contributed by atoms with van der Waals surface area (Å²) in [7, 11) is -0.921. The zero-order valence-electron chi connectivity index (χ0n) is 24.7. The van der Waals surface area contributed by atoms with Crippen molar-refractivity contribution >= 4 is 16.9 Å². The molecule has 9 heteroatoms. The maximum Gasteiger partial charge on any atom is 0.237 e. The molecule has 1 aromatic rings. The van der Waals surface area contributed by atoms with Gasteiger partial charge in [0.1, 0.15) is 5.82 Å². The fourth-order valence-corrected chi connectivity index (χ4v) is 7.87. The van der Waals surface area contributed by atoms with Crippen molar-refractivity contribution < 1.29 is 13.4 Å². The van der Waals surface area contributed by atoms with Crippen LogP contribution in [0.5, 0.6) is 0 Å². The molecule has 0 spiro atoms. The van der Waals surface area contributed by atoms with E-state index < -0.39 is 11.0 Å². The lowest BCUT2D eigenvalue weighted by Crippen LogP contribution is -2.53. The number of rotatable bonds is 11. The van der Waals surface area contributed by atoms with E-state index in [9.17, 15) is 13.4 Å². The highest BCUT2D eigenvalue weighted by molar-refractivity contribution is 7.81. The molecule has 0 aromatic heterocycles. The van der Waals surface area contributed by atoms with Gasteiger partial charge in [0.25, 0.3) is 0 Å². The van der Waals surface area contributed by atoms with Gasteiger partial charge in [-0.15, -0.1) is 0 Å². The molecule has 1 aromatic carbocycles. The molecule has 2 atom stereocenters. The van der Waals surface area contributed by atoms with Crippen LogP contribution in [-0.4, -0.2) is 113 Å². The summed E-state index contributed by atoms with van der Waals surface area (Å²) in [5.74, 6) is 1.68. The van der Waals surface area contributed by atoms with E-state index in [1.54, 1.807) is 18.4 Å². The maximum absolute atomic E-state index is 14.4. The molecule has 0 radical (unpaired) electrons. The number of carbonyl (C=O) groups is 1. The highest BCUT2D eigenvalue weighted by atomic mass is 32.2. The first-order chi connectivity index (χ1) is 19.4. The largest absolute Gasteiger partial charge is 0.338 e. The number of hydrogen-bond acceptors (Lipinski definition) is 5. The molecular weight excluding hydrogens is 525 g/mol. The molecule has 7 nitrogen and oxygen atoms in total. The van der Waals surface area contributed by atoms with E-state index in [0.29, 0.717) is 36.2 Å². The summed E-state index contributed by atoms with van der Waals surface area (Å²) in [4.78, 5) is 20.6. The minimum absolute atomic E-state index is 0.144. The average Bonchev–Trinajstić information content (AvgIpc) is 3.77. The topological polar surface area (TPSA) is 59.1 Å². The van der Waals surface area contributed by atoms with Gasteiger partial charge < -0.3 is 15.1 Å². The SMILES string of the molecule is Cc1cc(F)cc(C(CCN2CCC(N(CC3CC3)C(=O)CN3CCNCC3)CC2)C2CCN(S(C)=O)CC2)c1. The van der Waals surface area contributed by atoms with Crippen molar-refractivity contribution in [3.8, 4) is 0 Å². The predicted octanol–water partition coefficient (Wildman–Crippen LogP) is 3.22. The Morgan fingerprint density at radius 1 is 1.00 bits per heavy atom. The molecule has 1 amide bonds. The number of amides is 1. The summed E-state index contributed by atoms with van der Waals surface area (Å²) in [6, 6.07) is 5.89. The Kier molecular flexibility index (Phi) is 10.7. The minimum Gasteiger partial charge on any atom is -0.338 e. The van der Waals surface area contributed by atoms with E-state index in [2.05, 4.69) is 30.4 Å². The van der Waals surface area contributed by atoms with Crippen LogP contribution in [0.4, 0.5) is 4.39 Å². The highest BCUT2D eigenvalue weighted by Gasteiger charge is 2.34. The van der Waals surface area contributed by atoms with Gasteiger partial charge in [0.2, 0.25) is 5.91 Å². The number of halogens is 1. The summed E-state index contributed by atoms with van der Waals surface area (Å²) in [6.07, 6.45) is 9.42. The van der Waals surface area contributed by atoms with Crippen molar-refractivity contribution in [1.29, 1.82) is 0 Å². The van der Waals surface area contributed by atoms with Crippen LogP contribution in [0.3, 0.4) is 0 Å². The van der Waals surface area contributed by atoms with Crippen molar-refractivity contribution in [2.45, 2.75) is 63.8 Å². The van der Waals surface area contributed by atoms with E-state index >= 15 is 0 Å². The first-order valence-electron chi connectivity index (χ1n) is 15.7. The molecule has 1 saturated carbocycles. The zero-order chi connectivity index (χ0) is 28.1. The van der Waals surface area contributed by atoms with Gasteiger partial charge in [-0.3, -0.25) is 9.69 Å². The Hall–Kier alpha value is -1.39. The summed E-state index contributed by atoms with van der Waals surface area (Å²) in [5.41, 5.74) is 2.10. The zero-order valence-corrected chi connectivity index (χ0v) is 25.5. The van der Waals surface area contributed by atoms with E-state index in [1.807, 2.05) is 6.92 Å². The Balaban J connectivity index is 1.17. The number of benzene rings is 1. The number of aryl methyl sites for hydroxylation is 1. The lowest BCUT2D eigenvalue weighted by Gasteiger charge is -2.41. The second-order valence-electron chi connectivity index (χ2n) is 12.7. The average molecular weight is 576 g/mol. The van der Waals surface area contributed by atoms with Crippen molar-refractivity contribution in [1.82, 2.24) is 24.3 Å². The first kappa shape index (κ1) is 30.1. The number of piperidine rings is 2. The Labute approximate surface area is 243 Å². The van der Waals surface area contributed by atoms with Gasteiger partial charge in [0.05, 0.1) is 17.5 Å². The van der Waals surface area contributed by atoms with E-state index in [-0.39, 0.29) is 5.82 Å². The van der Waals surface area contributed by atoms with Gasteiger partial charge in [-0.2, -0.15) is 0 Å². The molecule has 1 N–H and O–H groups in total. The second-order valence-corrected chi connectivity index (χ2v) is 14.1. The summed E-state index contributed by atoms with van der Waals surface area (Å²) in [6.45, 7) is 12.1. The Morgan fingerprint density at radius 2 is 1.70 bits per heavy atom. The molecule has 4 fully saturated rings. The molecule has 224 valence electrons. The third-order valence-electron chi connectivity index (χ3n) is 9.72. The van der Waals surface area contributed by atoms with Crippen molar-refractivity contribution in [2.75, 3.05) is 78.2 Å². The van der Waals surface area contributed by atoms with Crippen LogP contribution in [0.2, 0.25) is 0 Å². The molecule has 3 saturated heterocycles. The van der Waals surface area contributed by atoms with Crippen LogP contribution in [0.25, 0.3) is 0 Å². The molecule has 0 bridgehead atoms. The number of nitrogens with one attached hydrogen (secondary N) is 1. The molecule has 3 heterocycles. The van der Waals surface area contributed by atoms with Crippen LogP contribution in [0.1, 0.15) is 62.0 Å². The van der Waals surface area contributed by atoms with Gasteiger partial charge >= 0.3 is 0 Å². The fourth-order valence-electron chi connectivity index (χ4n) is 7.15. The van der Waals surface area contributed by atoms with Crippen LogP contribution in [-0.2, 0) is 15.8 Å². The van der Waals surface area contributed by atoms with E-state index in [0.717, 1.165) is 109 Å². The van der Waals surface area contributed by atoms with E-state index in [1.165, 1.54) is 12.8 Å². The number of likely N-dealkylation sites (tertiary alicyclic amines) is 1. The van der Waals surface area contributed by atoms with Gasteiger partial charge in [0.15, 0.2) is 0 Å². The maximum atomic E-state index is 14.4. The highest BCUT2D eigenvalue weighted by Crippen LogP contribution is 2.37. The van der Waals surface area contributed by atoms with Gasteiger partial charge in [0, 0.05) is 71.2 Å². The standard InChI is InChI=1S/C31H50FN5O2S/c1-24-19-27(21-28(32)20-24)30(26-5-15-36(16-6-26)40(2)39)9-14-34-12-7-29(8-13-34)37(22-25-3-4-25)31(38)23-35-17-10-33-11-18-35/h19-21,25-26,29-30,33H,3-18,22-23H2,1-2H3. The molecule has 5 rings (SSSR count). The van der Waals surface area contributed by atoms with Crippen LogP contribution < -0.4 is 5.32 Å². The minimum atomic E-state index is -0.921. The first-order valence-corrected chi connectivity index (χ1v) is 17.2. The molecule has 3 aliphatic heterocycles. The molecule has 1 aliphatic carbocycles. The van der Waals surface area contributed by atoms with Crippen LogP contribution in [0, 0.1) is 24.6 Å². The summed E-state index contributed by atoms with van der Waals surface area (Å²) in [5, 5.41) is 3.39. The van der Waals surface area contributed by atoms with Gasteiger partial charge in [-0.05, 0) is 99.4 Å². The second kappa shape index (κ2) is 14.2. The smallest absolute Gasteiger partial charge is 0.237 e. The summed E-state index contributed by atoms with van der Waals surface area (Å²) < 4.78 is 28.5. The fraction of sp³-hybridized carbons (Fsp3) is 0.774. The van der Waals surface area contributed by atoms with Gasteiger partial charge in [-0.25, -0.2) is 12.9 Å². The monoisotopic (exact) mass is 575 g/mol. The third kappa shape index (κ3) is 8.34. The van der Waals surface area contributed by atoms with Crippen LogP contribution >= 0.6 is 0 Å². The Morgan fingerprint density at radius 3 is 2.33 bits per heavy atom. The van der Waals surface area contributed by atoms with E-state index in [4.69, 9.17) is 0 Å². The number of carbonyl (C=O) groups excluding carboxylic acids is 1. The Bertz CT molecular complexity index is 981. The molecule has 40 heavy (non-hydrogen) atoms. The van der Waals surface area contributed by atoms with Gasteiger partial charge in [-0.1, -0.05) is 6.07 Å². The van der Waals surface area contributed by atoms with Crippen molar-refractivity contribution in [3.05, 3.63) is 35.1 Å². The molecular formula is C31H50FN5O2S.